The Morgan fingerprint density at radius 3 is 2.93 bits per heavy atom. The zero-order valence-corrected chi connectivity index (χ0v) is 9.00. The minimum Gasteiger partial charge on any atom is -0.496 e. The Bertz CT molecular complexity index is 530. The van der Waals surface area contributed by atoms with Crippen molar-refractivity contribution in [3.8, 4) is 5.75 Å². The fourth-order valence-corrected chi connectivity index (χ4v) is 1.58. The van der Waals surface area contributed by atoms with E-state index in [0.717, 1.165) is 5.39 Å². The number of fused-ring (bicyclic) bond motifs is 1. The molecule has 2 rings (SSSR count). The van der Waals surface area contributed by atoms with Gasteiger partial charge in [0.15, 0.2) is 0 Å². The summed E-state index contributed by atoms with van der Waals surface area (Å²) in [5.41, 5.74) is 0.142. The first-order valence-electron chi connectivity index (χ1n) is 3.99. The van der Waals surface area contributed by atoms with Crippen molar-refractivity contribution in [2.24, 2.45) is 0 Å². The van der Waals surface area contributed by atoms with Crippen LogP contribution in [-0.2, 0) is 0 Å². The SMILES string of the molecule is COc1cccc2oc(=O)c(Br)cc12. The van der Waals surface area contributed by atoms with Gasteiger partial charge in [-0.05, 0) is 34.1 Å². The number of benzene rings is 1. The second-order valence-electron chi connectivity index (χ2n) is 2.75. The quantitative estimate of drug-likeness (QED) is 0.735. The maximum atomic E-state index is 11.2. The monoisotopic (exact) mass is 254 g/mol. The van der Waals surface area contributed by atoms with E-state index >= 15 is 0 Å². The summed E-state index contributed by atoms with van der Waals surface area (Å²) in [5.74, 6) is 0.687. The number of ether oxygens (including phenoxy) is 1. The third-order valence-corrected chi connectivity index (χ3v) is 2.47. The van der Waals surface area contributed by atoms with Crippen LogP contribution in [-0.4, -0.2) is 7.11 Å². The van der Waals surface area contributed by atoms with E-state index in [-0.39, 0.29) is 5.63 Å². The molecule has 0 N–H and O–H groups in total. The van der Waals surface area contributed by atoms with Gasteiger partial charge < -0.3 is 9.15 Å². The maximum Gasteiger partial charge on any atom is 0.350 e. The van der Waals surface area contributed by atoms with E-state index in [9.17, 15) is 4.79 Å². The van der Waals surface area contributed by atoms with Crippen LogP contribution in [0.3, 0.4) is 0 Å². The summed E-state index contributed by atoms with van der Waals surface area (Å²) in [5, 5.41) is 0.779. The molecule has 0 saturated heterocycles. The first-order chi connectivity index (χ1) is 6.72. The third-order valence-electron chi connectivity index (χ3n) is 1.91. The second-order valence-corrected chi connectivity index (χ2v) is 3.61. The van der Waals surface area contributed by atoms with Crippen molar-refractivity contribution in [1.82, 2.24) is 0 Å². The summed E-state index contributed by atoms with van der Waals surface area (Å²) < 4.78 is 10.6. The standard InChI is InChI=1S/C10H7BrO3/c1-13-8-3-2-4-9-6(8)5-7(11)10(12)14-9/h2-5H,1H3. The highest BCUT2D eigenvalue weighted by Crippen LogP contribution is 2.25. The summed E-state index contributed by atoms with van der Waals surface area (Å²) >= 11 is 3.12. The Morgan fingerprint density at radius 1 is 1.43 bits per heavy atom. The lowest BCUT2D eigenvalue weighted by Crippen LogP contribution is -1.99. The van der Waals surface area contributed by atoms with Gasteiger partial charge in [-0.1, -0.05) is 6.07 Å². The minimum absolute atomic E-state index is 0.384. The summed E-state index contributed by atoms with van der Waals surface area (Å²) in [6.45, 7) is 0. The second kappa shape index (κ2) is 3.46. The molecule has 0 radical (unpaired) electrons. The van der Waals surface area contributed by atoms with Gasteiger partial charge in [-0.3, -0.25) is 0 Å². The molecule has 0 aliphatic heterocycles. The lowest BCUT2D eigenvalue weighted by atomic mass is 10.2. The normalized spacial score (nSPS) is 10.4. The first kappa shape index (κ1) is 9.27. The smallest absolute Gasteiger partial charge is 0.350 e. The highest BCUT2D eigenvalue weighted by molar-refractivity contribution is 9.10. The number of methoxy groups -OCH3 is 1. The Balaban J connectivity index is 2.88. The minimum atomic E-state index is -0.384. The fourth-order valence-electron chi connectivity index (χ4n) is 1.27. The lowest BCUT2D eigenvalue weighted by Gasteiger charge is -2.03. The largest absolute Gasteiger partial charge is 0.496 e. The first-order valence-corrected chi connectivity index (χ1v) is 4.78. The molecule has 72 valence electrons. The number of rotatable bonds is 1. The van der Waals surface area contributed by atoms with Crippen LogP contribution in [0, 0.1) is 0 Å². The van der Waals surface area contributed by atoms with Gasteiger partial charge in [0.2, 0.25) is 0 Å². The van der Waals surface area contributed by atoms with Gasteiger partial charge in [0.25, 0.3) is 0 Å². The van der Waals surface area contributed by atoms with Crippen LogP contribution in [0.2, 0.25) is 0 Å². The zero-order chi connectivity index (χ0) is 10.1. The molecule has 0 aliphatic carbocycles. The van der Waals surface area contributed by atoms with Crippen LogP contribution in [0.25, 0.3) is 11.0 Å². The van der Waals surface area contributed by atoms with Crippen LogP contribution >= 0.6 is 15.9 Å². The molecule has 1 aromatic heterocycles. The fraction of sp³-hybridized carbons (Fsp3) is 0.100. The zero-order valence-electron chi connectivity index (χ0n) is 7.41. The van der Waals surface area contributed by atoms with Gasteiger partial charge in [0, 0.05) is 0 Å². The Morgan fingerprint density at radius 2 is 2.21 bits per heavy atom. The van der Waals surface area contributed by atoms with Gasteiger partial charge in [-0.15, -0.1) is 0 Å². The van der Waals surface area contributed by atoms with Crippen molar-refractivity contribution in [2.45, 2.75) is 0 Å². The highest BCUT2D eigenvalue weighted by Gasteiger charge is 2.06. The maximum absolute atomic E-state index is 11.2. The summed E-state index contributed by atoms with van der Waals surface area (Å²) in [6, 6.07) is 7.01. The predicted octanol–water partition coefficient (Wildman–Crippen LogP) is 2.56. The molecule has 0 spiro atoms. The molecular weight excluding hydrogens is 248 g/mol. The van der Waals surface area contributed by atoms with Crippen LogP contribution in [0.5, 0.6) is 5.75 Å². The van der Waals surface area contributed by atoms with E-state index in [1.807, 2.05) is 6.07 Å². The Labute approximate surface area is 88.4 Å². The molecule has 1 heterocycles. The van der Waals surface area contributed by atoms with Crippen molar-refractivity contribution < 1.29 is 9.15 Å². The predicted molar refractivity (Wildman–Crippen MR) is 56.7 cm³/mol. The van der Waals surface area contributed by atoms with Crippen LogP contribution in [0.4, 0.5) is 0 Å². The summed E-state index contributed by atoms with van der Waals surface area (Å²) in [6.07, 6.45) is 0. The van der Waals surface area contributed by atoms with Crippen molar-refractivity contribution in [3.05, 3.63) is 39.2 Å². The number of hydrogen-bond acceptors (Lipinski definition) is 3. The van der Waals surface area contributed by atoms with Crippen molar-refractivity contribution in [2.75, 3.05) is 7.11 Å². The van der Waals surface area contributed by atoms with Crippen LogP contribution in [0.1, 0.15) is 0 Å². The average Bonchev–Trinajstić information content (AvgIpc) is 2.19. The molecular formula is C10H7BrO3. The molecule has 0 bridgehead atoms. The van der Waals surface area contributed by atoms with E-state index in [1.165, 1.54) is 0 Å². The molecule has 0 fully saturated rings. The molecule has 14 heavy (non-hydrogen) atoms. The molecule has 3 nitrogen and oxygen atoms in total. The molecule has 0 aliphatic rings. The van der Waals surface area contributed by atoms with E-state index in [0.29, 0.717) is 15.8 Å². The van der Waals surface area contributed by atoms with E-state index in [4.69, 9.17) is 9.15 Å². The molecule has 0 amide bonds. The average molecular weight is 255 g/mol. The van der Waals surface area contributed by atoms with Crippen molar-refractivity contribution >= 4 is 26.9 Å². The van der Waals surface area contributed by atoms with Gasteiger partial charge in [0.1, 0.15) is 15.8 Å². The Kier molecular flexibility index (Phi) is 2.29. The van der Waals surface area contributed by atoms with Gasteiger partial charge in [-0.2, -0.15) is 0 Å². The molecule has 2 aromatic rings. The molecule has 0 unspecified atom stereocenters. The van der Waals surface area contributed by atoms with Gasteiger partial charge >= 0.3 is 5.63 Å². The molecule has 0 saturated carbocycles. The van der Waals surface area contributed by atoms with Crippen molar-refractivity contribution in [3.63, 3.8) is 0 Å². The lowest BCUT2D eigenvalue weighted by molar-refractivity contribution is 0.418. The van der Waals surface area contributed by atoms with Crippen LogP contribution < -0.4 is 10.4 Å². The number of hydrogen-bond donors (Lipinski definition) is 0. The van der Waals surface area contributed by atoms with Gasteiger partial charge in [0.05, 0.1) is 12.5 Å². The summed E-state index contributed by atoms with van der Waals surface area (Å²) in [4.78, 5) is 11.2. The Hall–Kier alpha value is -1.29. The number of halogens is 1. The molecule has 0 atom stereocenters. The summed E-state index contributed by atoms with van der Waals surface area (Å²) in [7, 11) is 1.58. The third kappa shape index (κ3) is 1.42. The van der Waals surface area contributed by atoms with E-state index < -0.39 is 0 Å². The van der Waals surface area contributed by atoms with Crippen LogP contribution in [0.15, 0.2) is 37.9 Å². The highest BCUT2D eigenvalue weighted by atomic mass is 79.9. The van der Waals surface area contributed by atoms with E-state index in [1.54, 1.807) is 25.3 Å². The van der Waals surface area contributed by atoms with Gasteiger partial charge in [-0.25, -0.2) is 4.79 Å². The van der Waals surface area contributed by atoms with Crippen molar-refractivity contribution in [1.29, 1.82) is 0 Å². The topological polar surface area (TPSA) is 39.4 Å². The molecule has 1 aromatic carbocycles. The van der Waals surface area contributed by atoms with E-state index in [2.05, 4.69) is 15.9 Å². The molecule has 4 heteroatoms.